The van der Waals surface area contributed by atoms with E-state index in [1.54, 1.807) is 0 Å². The van der Waals surface area contributed by atoms with Gasteiger partial charge in [-0.15, -0.1) is 11.3 Å². The van der Waals surface area contributed by atoms with Crippen molar-refractivity contribution in [3.63, 3.8) is 0 Å². The summed E-state index contributed by atoms with van der Waals surface area (Å²) in [5.41, 5.74) is 23.5. The zero-order valence-electron chi connectivity index (χ0n) is 54.8. The number of anilines is 9. The number of rotatable bonds is 9. The number of nitrogens with zero attached hydrogens (tertiary/aromatic N) is 3. The van der Waals surface area contributed by atoms with Gasteiger partial charge in [0.1, 0.15) is 11.2 Å². The van der Waals surface area contributed by atoms with E-state index in [0.29, 0.717) is 0 Å². The fourth-order valence-electron chi connectivity index (χ4n) is 15.0. The van der Waals surface area contributed by atoms with Gasteiger partial charge >= 0.3 is 0 Å². The molecule has 11 aromatic carbocycles. The van der Waals surface area contributed by atoms with Crippen LogP contribution >= 0.6 is 11.3 Å². The number of hydrogen-bond acceptors (Lipinski definition) is 5. The number of fused-ring (bicyclic) bond motifs is 9. The average Bonchev–Trinajstić information content (AvgIpc) is 0.857. The summed E-state index contributed by atoms with van der Waals surface area (Å²) in [4.78, 5) is 7.85. The molecule has 0 saturated carbocycles. The number of thiophene rings is 1. The van der Waals surface area contributed by atoms with Gasteiger partial charge in [-0.3, -0.25) is 0 Å². The van der Waals surface area contributed by atoms with Crippen LogP contribution in [0.3, 0.4) is 0 Å². The van der Waals surface area contributed by atoms with E-state index < -0.39 is 8.07 Å². The highest BCUT2D eigenvalue weighted by Crippen LogP contribution is 2.50. The molecule has 0 amide bonds. The smallest absolute Gasteiger partial charge is 0.264 e. The molecule has 4 nitrogen and oxygen atoms in total. The standard InChI is InChI=1S/C84H78BN3OSSi/c1-53-42-54(2)45-63(44-53)86(64-46-55(3)43-56(4)47-64)62-37-39-72-73(49-62)87(60-33-28-57(29-34-60)82(5,6)7)74-51-68(91(65-22-16-14-17-23-65,66-24-18-15-19-25-66)67-38-40-77-70(50-67)69-26-20-21-27-76(69)89-77)52-75-79(74)85(72)81-80(71-48-59(84(11,12)13)32-41-78(71)90-81)88(75)61-35-30-58(31-36-61)83(8,9)10/h14-52H,1-13H3. The molecule has 0 N–H and O–H groups in total. The first-order chi connectivity index (χ1) is 43.6. The molecular weight excluding hydrogens is 1140 g/mol. The Morgan fingerprint density at radius 2 is 0.890 bits per heavy atom. The summed E-state index contributed by atoms with van der Waals surface area (Å²) in [6.45, 7) is 29.7. The molecule has 2 aliphatic heterocycles. The predicted octanol–water partition coefficient (Wildman–Crippen LogP) is 18.9. The van der Waals surface area contributed by atoms with Gasteiger partial charge in [0.15, 0.2) is 8.07 Å². The lowest BCUT2D eigenvalue weighted by atomic mass is 9.36. The summed E-state index contributed by atoms with van der Waals surface area (Å²) in [5, 5.41) is 8.73. The van der Waals surface area contributed by atoms with Crippen LogP contribution in [0.5, 0.6) is 0 Å². The molecule has 2 aliphatic rings. The maximum atomic E-state index is 6.68. The molecule has 4 heterocycles. The van der Waals surface area contributed by atoms with Crippen LogP contribution in [-0.2, 0) is 16.2 Å². The van der Waals surface area contributed by atoms with Gasteiger partial charge in [0.05, 0.1) is 5.69 Å². The number of para-hydroxylation sites is 1. The van der Waals surface area contributed by atoms with E-state index in [1.807, 2.05) is 11.3 Å². The molecule has 2 aromatic heterocycles. The van der Waals surface area contributed by atoms with Crippen molar-refractivity contribution in [3.05, 3.63) is 276 Å². The molecule has 448 valence electrons. The van der Waals surface area contributed by atoms with Crippen LogP contribution in [0, 0.1) is 27.7 Å². The van der Waals surface area contributed by atoms with Crippen LogP contribution in [0.4, 0.5) is 51.2 Å². The summed E-state index contributed by atoms with van der Waals surface area (Å²) in [6, 6.07) is 91.8. The molecular formula is C84H78BN3OSSi. The summed E-state index contributed by atoms with van der Waals surface area (Å²) < 4.78 is 9.32. The van der Waals surface area contributed by atoms with Crippen molar-refractivity contribution in [3.8, 4) is 0 Å². The van der Waals surface area contributed by atoms with Gasteiger partial charge in [-0.25, -0.2) is 0 Å². The Morgan fingerprint density at radius 1 is 0.385 bits per heavy atom. The number of furan rings is 1. The van der Waals surface area contributed by atoms with E-state index in [4.69, 9.17) is 4.42 Å². The van der Waals surface area contributed by atoms with Gasteiger partial charge in [-0.1, -0.05) is 202 Å². The minimum absolute atomic E-state index is 0.0397. The quantitative estimate of drug-likeness (QED) is 0.106. The van der Waals surface area contributed by atoms with Crippen molar-refractivity contribution in [2.75, 3.05) is 14.7 Å². The molecule has 0 spiro atoms. The first-order valence-electron chi connectivity index (χ1n) is 32.3. The lowest BCUT2D eigenvalue weighted by Crippen LogP contribution is -2.75. The molecule has 15 rings (SSSR count). The first-order valence-corrected chi connectivity index (χ1v) is 35.1. The summed E-state index contributed by atoms with van der Waals surface area (Å²) in [7, 11) is -3.41. The van der Waals surface area contributed by atoms with Crippen LogP contribution in [0.2, 0.25) is 0 Å². The molecule has 91 heavy (non-hydrogen) atoms. The Kier molecular flexibility index (Phi) is 13.8. The highest BCUT2D eigenvalue weighted by atomic mass is 32.1. The lowest BCUT2D eigenvalue weighted by molar-refractivity contribution is 0.590. The predicted molar refractivity (Wildman–Crippen MR) is 396 cm³/mol. The zero-order chi connectivity index (χ0) is 63.0. The molecule has 0 unspecified atom stereocenters. The highest BCUT2D eigenvalue weighted by molar-refractivity contribution is 7.33. The molecule has 0 radical (unpaired) electrons. The third-order valence-corrected chi connectivity index (χ3v) is 25.3. The number of hydrogen-bond donors (Lipinski definition) is 0. The van der Waals surface area contributed by atoms with Gasteiger partial charge in [-0.05, 0) is 212 Å². The molecule has 0 aliphatic carbocycles. The summed E-state index contributed by atoms with van der Waals surface area (Å²) >= 11 is 1.97. The molecule has 7 heteroatoms. The number of benzene rings is 11. The van der Waals surface area contributed by atoms with Gasteiger partial charge in [0.2, 0.25) is 0 Å². The van der Waals surface area contributed by atoms with E-state index in [1.165, 1.54) is 108 Å². The van der Waals surface area contributed by atoms with Crippen molar-refractivity contribution >= 4 is 146 Å². The van der Waals surface area contributed by atoms with Crippen molar-refractivity contribution in [1.82, 2.24) is 0 Å². The van der Waals surface area contributed by atoms with Crippen LogP contribution in [-0.4, -0.2) is 14.8 Å². The maximum Gasteiger partial charge on any atom is 0.264 e. The topological polar surface area (TPSA) is 22.9 Å². The van der Waals surface area contributed by atoms with E-state index in [2.05, 4.69) is 341 Å². The Labute approximate surface area is 543 Å². The Bertz CT molecular complexity index is 4870. The van der Waals surface area contributed by atoms with Gasteiger partial charge < -0.3 is 19.1 Å². The number of aryl methyl sites for hydroxylation is 4. The second-order valence-corrected chi connectivity index (χ2v) is 33.9. The third kappa shape index (κ3) is 9.77. The monoisotopic (exact) mass is 1220 g/mol. The second kappa shape index (κ2) is 21.5. The molecule has 13 aromatic rings. The maximum absolute atomic E-state index is 6.68. The van der Waals surface area contributed by atoms with E-state index in [0.717, 1.165) is 50.4 Å². The summed E-state index contributed by atoms with van der Waals surface area (Å²) in [5.74, 6) is 0. The second-order valence-electron chi connectivity index (χ2n) is 29.0. The fraction of sp³-hybridized carbons (Fsp3) is 0.190. The van der Waals surface area contributed by atoms with Gasteiger partial charge in [0, 0.05) is 71.1 Å². The molecule has 0 bridgehead atoms. The zero-order valence-corrected chi connectivity index (χ0v) is 56.6. The lowest BCUT2D eigenvalue weighted by Gasteiger charge is -2.45. The van der Waals surface area contributed by atoms with Crippen LogP contribution in [0.1, 0.15) is 101 Å². The third-order valence-electron chi connectivity index (χ3n) is 19.3. The van der Waals surface area contributed by atoms with Crippen molar-refractivity contribution in [2.45, 2.75) is 106 Å². The van der Waals surface area contributed by atoms with Gasteiger partial charge in [0.25, 0.3) is 6.71 Å². The SMILES string of the molecule is Cc1cc(C)cc(N(c2cc(C)cc(C)c2)c2ccc3c(c2)N(c2ccc(C(C)(C)C)cc2)c2cc([Si](c4ccccc4)(c4ccccc4)c4ccc5oc6ccccc6c5c4)cc4c2B3c2sc3ccc(C(C)(C)C)cc3c2N4c2ccc(C(C)(C)C)cc2)c1. The average molecular weight is 1220 g/mol. The van der Waals surface area contributed by atoms with Crippen LogP contribution in [0.15, 0.2) is 241 Å². The molecule has 0 saturated heterocycles. The molecule has 0 fully saturated rings. The van der Waals surface area contributed by atoms with E-state index in [9.17, 15) is 0 Å². The van der Waals surface area contributed by atoms with E-state index in [-0.39, 0.29) is 23.0 Å². The minimum atomic E-state index is -3.41. The molecule has 0 atom stereocenters. The van der Waals surface area contributed by atoms with E-state index >= 15 is 0 Å². The largest absolute Gasteiger partial charge is 0.456 e. The summed E-state index contributed by atoms with van der Waals surface area (Å²) in [6.07, 6.45) is 0. The Morgan fingerprint density at radius 3 is 1.45 bits per heavy atom. The first kappa shape index (κ1) is 58.2. The highest BCUT2D eigenvalue weighted by Gasteiger charge is 2.49. The normalized spacial score (nSPS) is 13.3. The Hall–Kier alpha value is -9.14. The van der Waals surface area contributed by atoms with Crippen LogP contribution < -0.4 is 51.1 Å². The van der Waals surface area contributed by atoms with Crippen molar-refractivity contribution in [2.24, 2.45) is 0 Å². The van der Waals surface area contributed by atoms with Crippen LogP contribution in [0.25, 0.3) is 32.0 Å². The minimum Gasteiger partial charge on any atom is -0.456 e. The van der Waals surface area contributed by atoms with Crippen molar-refractivity contribution in [1.29, 1.82) is 0 Å². The Balaban J connectivity index is 1.12. The fourth-order valence-corrected chi connectivity index (χ4v) is 21.1. The van der Waals surface area contributed by atoms with Gasteiger partial charge in [-0.2, -0.15) is 0 Å². The van der Waals surface area contributed by atoms with Crippen molar-refractivity contribution < 1.29 is 4.42 Å².